The van der Waals surface area contributed by atoms with Gasteiger partial charge in [-0.2, -0.15) is 4.31 Å². The highest BCUT2D eigenvalue weighted by Gasteiger charge is 2.29. The van der Waals surface area contributed by atoms with E-state index in [1.165, 1.54) is 16.4 Å². The molecule has 0 radical (unpaired) electrons. The van der Waals surface area contributed by atoms with Crippen LogP contribution in [0.1, 0.15) is 56.8 Å². The summed E-state index contributed by atoms with van der Waals surface area (Å²) < 4.78 is 33.6. The molecule has 2 aliphatic rings. The maximum Gasteiger partial charge on any atom is 0.251 e. The highest BCUT2D eigenvalue weighted by Crippen LogP contribution is 2.27. The fourth-order valence-corrected chi connectivity index (χ4v) is 6.33. The topological polar surface area (TPSA) is 79.0 Å². The lowest BCUT2D eigenvalue weighted by Crippen LogP contribution is -2.52. The van der Waals surface area contributed by atoms with E-state index in [1.54, 1.807) is 6.07 Å². The minimum Gasteiger partial charge on any atom is -0.373 e. The standard InChI is InChI=1S/C22H34ClN3O4S/c1-16(25-14-17(2)30-18(3)15-25)13-24-22(27)19-8-9-20(23)21(12-19)31(28,29)26-10-6-4-5-7-11-26/h8-9,12,16-18H,4-7,10-11,13-15H2,1-3H3,(H,24,27)/t16-,17-,18-/m1/s1. The van der Waals surface area contributed by atoms with E-state index >= 15 is 0 Å². The van der Waals surface area contributed by atoms with Crippen molar-refractivity contribution in [1.82, 2.24) is 14.5 Å². The van der Waals surface area contributed by atoms with E-state index in [4.69, 9.17) is 16.3 Å². The van der Waals surface area contributed by atoms with E-state index in [1.807, 2.05) is 13.8 Å². The largest absolute Gasteiger partial charge is 0.373 e. The number of carbonyl (C=O) groups is 1. The molecule has 0 spiro atoms. The SMILES string of the molecule is C[C@@H]1CN([C@H](C)CNC(=O)c2ccc(Cl)c(S(=O)(=O)N3CCCCCC3)c2)C[C@@H](C)O1. The molecule has 7 nitrogen and oxygen atoms in total. The zero-order chi connectivity index (χ0) is 22.6. The molecule has 1 aromatic rings. The van der Waals surface area contributed by atoms with Crippen molar-refractivity contribution in [3.8, 4) is 0 Å². The molecule has 1 N–H and O–H groups in total. The number of nitrogens with zero attached hydrogens (tertiary/aromatic N) is 2. The zero-order valence-electron chi connectivity index (χ0n) is 18.6. The van der Waals surface area contributed by atoms with Crippen LogP contribution in [0.5, 0.6) is 0 Å². The number of ether oxygens (including phenoxy) is 1. The third-order valence-corrected chi connectivity index (χ3v) is 8.39. The molecule has 0 unspecified atom stereocenters. The number of halogens is 1. The fraction of sp³-hybridized carbons (Fsp3) is 0.682. The van der Waals surface area contributed by atoms with Crippen LogP contribution in [0.4, 0.5) is 0 Å². The number of carbonyl (C=O) groups excluding carboxylic acids is 1. The maximum atomic E-state index is 13.2. The van der Waals surface area contributed by atoms with E-state index in [0.717, 1.165) is 38.8 Å². The van der Waals surface area contributed by atoms with Gasteiger partial charge in [0.15, 0.2) is 0 Å². The molecule has 0 aromatic heterocycles. The average Bonchev–Trinajstić information content (AvgIpc) is 3.01. The summed E-state index contributed by atoms with van der Waals surface area (Å²) in [6, 6.07) is 4.62. The molecular weight excluding hydrogens is 438 g/mol. The number of sulfonamides is 1. The van der Waals surface area contributed by atoms with Gasteiger partial charge in [-0.1, -0.05) is 24.4 Å². The lowest BCUT2D eigenvalue weighted by Gasteiger charge is -2.39. The van der Waals surface area contributed by atoms with Crippen molar-refractivity contribution >= 4 is 27.5 Å². The van der Waals surface area contributed by atoms with Crippen LogP contribution < -0.4 is 5.32 Å². The predicted octanol–water partition coefficient (Wildman–Crippen LogP) is 3.13. The van der Waals surface area contributed by atoms with E-state index in [0.29, 0.717) is 25.2 Å². The zero-order valence-corrected chi connectivity index (χ0v) is 20.2. The molecule has 31 heavy (non-hydrogen) atoms. The van der Waals surface area contributed by atoms with Gasteiger partial charge in [-0.3, -0.25) is 9.69 Å². The number of hydrogen-bond donors (Lipinski definition) is 1. The summed E-state index contributed by atoms with van der Waals surface area (Å²) in [6.07, 6.45) is 4.05. The van der Waals surface area contributed by atoms with Gasteiger partial charge in [0.2, 0.25) is 10.0 Å². The van der Waals surface area contributed by atoms with Crippen LogP contribution in [0.3, 0.4) is 0 Å². The summed E-state index contributed by atoms with van der Waals surface area (Å²) >= 11 is 6.25. The Bertz CT molecular complexity index is 862. The van der Waals surface area contributed by atoms with Crippen LogP contribution >= 0.6 is 11.6 Å². The van der Waals surface area contributed by atoms with Crippen LogP contribution in [-0.2, 0) is 14.8 Å². The van der Waals surface area contributed by atoms with Crippen molar-refractivity contribution in [3.05, 3.63) is 28.8 Å². The summed E-state index contributed by atoms with van der Waals surface area (Å²) in [4.78, 5) is 15.1. The molecule has 2 saturated heterocycles. The fourth-order valence-electron chi connectivity index (χ4n) is 4.31. The quantitative estimate of drug-likeness (QED) is 0.689. The second-order valence-electron chi connectivity index (χ2n) is 8.73. The summed E-state index contributed by atoms with van der Waals surface area (Å²) in [5.74, 6) is -0.301. The molecule has 1 amide bonds. The van der Waals surface area contributed by atoms with Crippen LogP contribution in [0.25, 0.3) is 0 Å². The summed E-state index contributed by atoms with van der Waals surface area (Å²) in [6.45, 7) is 9.26. The van der Waals surface area contributed by atoms with Gasteiger partial charge in [0.1, 0.15) is 4.90 Å². The van der Waals surface area contributed by atoms with E-state index in [-0.39, 0.29) is 34.1 Å². The first-order chi connectivity index (χ1) is 14.7. The molecule has 2 heterocycles. The number of hydrogen-bond acceptors (Lipinski definition) is 5. The van der Waals surface area contributed by atoms with Gasteiger partial charge in [-0.25, -0.2) is 8.42 Å². The average molecular weight is 472 g/mol. The van der Waals surface area contributed by atoms with Crippen molar-refractivity contribution < 1.29 is 17.9 Å². The predicted molar refractivity (Wildman–Crippen MR) is 122 cm³/mol. The molecule has 174 valence electrons. The lowest BCUT2D eigenvalue weighted by atomic mass is 10.1. The first kappa shape index (κ1) is 24.5. The number of benzene rings is 1. The molecule has 0 saturated carbocycles. The van der Waals surface area contributed by atoms with Crippen LogP contribution in [0.15, 0.2) is 23.1 Å². The Morgan fingerprint density at radius 2 is 1.77 bits per heavy atom. The van der Waals surface area contributed by atoms with E-state index in [9.17, 15) is 13.2 Å². The third kappa shape index (κ3) is 6.20. The number of nitrogens with one attached hydrogen (secondary N) is 1. The van der Waals surface area contributed by atoms with Crippen molar-refractivity contribution in [2.75, 3.05) is 32.7 Å². The van der Waals surface area contributed by atoms with Crippen LogP contribution in [-0.4, -0.2) is 74.5 Å². The van der Waals surface area contributed by atoms with Gasteiger partial charge in [-0.15, -0.1) is 0 Å². The van der Waals surface area contributed by atoms with Crippen molar-refractivity contribution in [2.24, 2.45) is 0 Å². The Kier molecular flexibility index (Phi) is 8.37. The van der Waals surface area contributed by atoms with Crippen LogP contribution in [0.2, 0.25) is 5.02 Å². The number of amides is 1. The minimum absolute atomic E-state index is 0.00703. The first-order valence-corrected chi connectivity index (χ1v) is 13.0. The Morgan fingerprint density at radius 3 is 2.39 bits per heavy atom. The van der Waals surface area contributed by atoms with Gasteiger partial charge in [-0.05, 0) is 51.8 Å². The van der Waals surface area contributed by atoms with Gasteiger partial charge in [0, 0.05) is 44.3 Å². The summed E-state index contributed by atoms with van der Waals surface area (Å²) in [5.41, 5.74) is 0.300. The van der Waals surface area contributed by atoms with Gasteiger partial charge >= 0.3 is 0 Å². The molecule has 1 aromatic carbocycles. The third-order valence-electron chi connectivity index (χ3n) is 6.01. The van der Waals surface area contributed by atoms with E-state index in [2.05, 4.69) is 17.1 Å². The lowest BCUT2D eigenvalue weighted by molar-refractivity contribution is -0.0778. The molecule has 2 fully saturated rings. The van der Waals surface area contributed by atoms with Gasteiger partial charge in [0.05, 0.1) is 17.2 Å². The molecular formula is C22H34ClN3O4S. The van der Waals surface area contributed by atoms with Crippen LogP contribution in [0, 0.1) is 0 Å². The summed E-state index contributed by atoms with van der Waals surface area (Å²) in [7, 11) is -3.73. The normalized spacial score (nSPS) is 25.0. The highest BCUT2D eigenvalue weighted by molar-refractivity contribution is 7.89. The summed E-state index contributed by atoms with van der Waals surface area (Å²) in [5, 5.41) is 3.08. The number of rotatable bonds is 6. The van der Waals surface area contributed by atoms with E-state index < -0.39 is 10.0 Å². The molecule has 3 rings (SSSR count). The molecule has 2 aliphatic heterocycles. The highest BCUT2D eigenvalue weighted by atomic mass is 35.5. The number of morpholine rings is 1. The smallest absolute Gasteiger partial charge is 0.251 e. The Balaban J connectivity index is 1.68. The second kappa shape index (κ2) is 10.6. The molecule has 0 bridgehead atoms. The minimum atomic E-state index is -3.73. The van der Waals surface area contributed by atoms with Crippen molar-refractivity contribution in [1.29, 1.82) is 0 Å². The first-order valence-electron chi connectivity index (χ1n) is 11.2. The van der Waals surface area contributed by atoms with Gasteiger partial charge < -0.3 is 10.1 Å². The molecule has 9 heteroatoms. The Labute approximate surface area is 191 Å². The van der Waals surface area contributed by atoms with Gasteiger partial charge in [0.25, 0.3) is 5.91 Å². The second-order valence-corrected chi connectivity index (χ2v) is 11.0. The molecule has 0 aliphatic carbocycles. The Hall–Kier alpha value is -1.19. The Morgan fingerprint density at radius 1 is 1.16 bits per heavy atom. The monoisotopic (exact) mass is 471 g/mol. The van der Waals surface area contributed by atoms with Crippen molar-refractivity contribution in [2.45, 2.75) is 69.6 Å². The van der Waals surface area contributed by atoms with Crippen molar-refractivity contribution in [3.63, 3.8) is 0 Å². The maximum absolute atomic E-state index is 13.2. The molecule has 3 atom stereocenters.